The van der Waals surface area contributed by atoms with Crippen LogP contribution in [0.5, 0.6) is 0 Å². The highest BCUT2D eigenvalue weighted by Crippen LogP contribution is 2.41. The summed E-state index contributed by atoms with van der Waals surface area (Å²) in [7, 11) is 0. The van der Waals surface area contributed by atoms with Crippen LogP contribution in [0.1, 0.15) is 0 Å². The Labute approximate surface area is 420 Å². The minimum Gasteiger partial charge on any atom is -0.311 e. The molecule has 0 unspecified atom stereocenters. The van der Waals surface area contributed by atoms with Gasteiger partial charge in [-0.05, 0) is 157 Å². The predicted octanol–water partition coefficient (Wildman–Crippen LogP) is 19.4. The number of nitrogens with zero attached hydrogens (tertiary/aromatic N) is 2. The molecule has 0 fully saturated rings. The zero-order valence-electron chi connectivity index (χ0n) is 39.6. The number of rotatable bonds is 10. The van der Waals surface area contributed by atoms with Crippen molar-refractivity contribution in [2.75, 3.05) is 4.90 Å². The van der Waals surface area contributed by atoms with E-state index in [4.69, 9.17) is 0 Å². The van der Waals surface area contributed by atoms with Crippen LogP contribution < -0.4 is 4.90 Å². The molecule has 13 aromatic rings. The van der Waals surface area contributed by atoms with Crippen molar-refractivity contribution in [2.24, 2.45) is 0 Å². The fourth-order valence-corrected chi connectivity index (χ4v) is 10.6. The summed E-state index contributed by atoms with van der Waals surface area (Å²) in [6, 6.07) is 106. The standard InChI is InChI=1S/C70H48N2/c1-3-16-49(17-4-1)59-46-60(50-18-5-2-6-19-50)48-61(47-59)53-34-40-63(41-35-53)71(62-38-32-52(33-39-62)56-22-15-23-57(44-56)58-31-30-51-20-7-8-21-55(51)45-58)64-42-36-54(37-43-64)65-24-9-12-27-68(65)72-69-28-13-10-25-66(69)67-26-11-14-29-70(67)72/h1-48H. The van der Waals surface area contributed by atoms with E-state index in [1.165, 1.54) is 88.2 Å². The summed E-state index contributed by atoms with van der Waals surface area (Å²) in [5.74, 6) is 0. The maximum absolute atomic E-state index is 2.42. The van der Waals surface area contributed by atoms with Crippen LogP contribution in [0.25, 0.3) is 105 Å². The van der Waals surface area contributed by atoms with E-state index in [-0.39, 0.29) is 0 Å². The molecule has 0 aliphatic heterocycles. The minimum atomic E-state index is 1.07. The molecule has 13 rings (SSSR count). The highest BCUT2D eigenvalue weighted by atomic mass is 15.1. The van der Waals surface area contributed by atoms with Crippen LogP contribution in [0, 0.1) is 0 Å². The van der Waals surface area contributed by atoms with Crippen molar-refractivity contribution in [3.05, 3.63) is 291 Å². The molecule has 1 aromatic heterocycles. The van der Waals surface area contributed by atoms with Gasteiger partial charge in [-0.2, -0.15) is 0 Å². The summed E-state index contributed by atoms with van der Waals surface area (Å²) < 4.78 is 2.42. The lowest BCUT2D eigenvalue weighted by molar-refractivity contribution is 1.18. The first-order valence-electron chi connectivity index (χ1n) is 24.7. The van der Waals surface area contributed by atoms with Gasteiger partial charge < -0.3 is 9.47 Å². The average molecular weight is 917 g/mol. The van der Waals surface area contributed by atoms with E-state index in [1.807, 2.05) is 0 Å². The van der Waals surface area contributed by atoms with Crippen molar-refractivity contribution >= 4 is 49.6 Å². The van der Waals surface area contributed by atoms with E-state index in [0.717, 1.165) is 33.9 Å². The molecule has 1 heterocycles. The molecule has 2 heteroatoms. The fraction of sp³-hybridized carbons (Fsp3) is 0. The molecule has 0 saturated carbocycles. The van der Waals surface area contributed by atoms with E-state index in [2.05, 4.69) is 301 Å². The largest absolute Gasteiger partial charge is 0.311 e. The topological polar surface area (TPSA) is 8.17 Å². The molecule has 0 atom stereocenters. The molecule has 72 heavy (non-hydrogen) atoms. The van der Waals surface area contributed by atoms with Gasteiger partial charge in [0.1, 0.15) is 0 Å². The van der Waals surface area contributed by atoms with Crippen molar-refractivity contribution in [3.63, 3.8) is 0 Å². The van der Waals surface area contributed by atoms with Gasteiger partial charge in [0.15, 0.2) is 0 Å². The quantitative estimate of drug-likeness (QED) is 0.133. The lowest BCUT2D eigenvalue weighted by Crippen LogP contribution is -2.09. The summed E-state index contributed by atoms with van der Waals surface area (Å²) in [6.45, 7) is 0. The van der Waals surface area contributed by atoms with Crippen molar-refractivity contribution in [1.82, 2.24) is 4.57 Å². The molecular formula is C70H48N2. The van der Waals surface area contributed by atoms with E-state index in [9.17, 15) is 0 Å². The van der Waals surface area contributed by atoms with Gasteiger partial charge in [0.25, 0.3) is 0 Å². The Morgan fingerprint density at radius 1 is 0.222 bits per heavy atom. The first kappa shape index (κ1) is 42.6. The highest BCUT2D eigenvalue weighted by Gasteiger charge is 2.18. The lowest BCUT2D eigenvalue weighted by Gasteiger charge is -2.26. The highest BCUT2D eigenvalue weighted by molar-refractivity contribution is 6.09. The summed E-state index contributed by atoms with van der Waals surface area (Å²) in [4.78, 5) is 2.37. The lowest BCUT2D eigenvalue weighted by atomic mass is 9.93. The first-order valence-corrected chi connectivity index (χ1v) is 24.7. The van der Waals surface area contributed by atoms with Gasteiger partial charge in [-0.15, -0.1) is 0 Å². The second-order valence-electron chi connectivity index (χ2n) is 18.5. The molecule has 12 aromatic carbocycles. The molecule has 338 valence electrons. The zero-order chi connectivity index (χ0) is 47.8. The molecule has 0 aliphatic rings. The number of anilines is 3. The van der Waals surface area contributed by atoms with E-state index in [1.54, 1.807) is 0 Å². The molecular weight excluding hydrogens is 869 g/mol. The fourth-order valence-electron chi connectivity index (χ4n) is 10.6. The number of aromatic nitrogens is 1. The van der Waals surface area contributed by atoms with Crippen molar-refractivity contribution in [1.29, 1.82) is 0 Å². The maximum atomic E-state index is 2.42. The van der Waals surface area contributed by atoms with Crippen LogP contribution in [0.15, 0.2) is 291 Å². The van der Waals surface area contributed by atoms with Gasteiger partial charge in [-0.1, -0.05) is 206 Å². The number of benzene rings is 12. The maximum Gasteiger partial charge on any atom is 0.0541 e. The van der Waals surface area contributed by atoms with Gasteiger partial charge >= 0.3 is 0 Å². The molecule has 0 saturated heterocycles. The molecule has 0 radical (unpaired) electrons. The molecule has 2 nitrogen and oxygen atoms in total. The molecule has 0 bridgehead atoms. The number of hydrogen-bond acceptors (Lipinski definition) is 1. The Bertz CT molecular complexity index is 3950. The summed E-state index contributed by atoms with van der Waals surface area (Å²) in [5, 5.41) is 5.00. The van der Waals surface area contributed by atoms with Gasteiger partial charge in [-0.25, -0.2) is 0 Å². The predicted molar refractivity (Wildman–Crippen MR) is 306 cm³/mol. The van der Waals surface area contributed by atoms with Crippen molar-refractivity contribution in [2.45, 2.75) is 0 Å². The summed E-state index contributed by atoms with van der Waals surface area (Å²) >= 11 is 0. The van der Waals surface area contributed by atoms with Crippen molar-refractivity contribution in [3.8, 4) is 72.4 Å². The van der Waals surface area contributed by atoms with Crippen LogP contribution in [-0.2, 0) is 0 Å². The normalized spacial score (nSPS) is 11.3. The Hall–Kier alpha value is -9.50. The van der Waals surface area contributed by atoms with Crippen LogP contribution in [0.4, 0.5) is 17.1 Å². The minimum absolute atomic E-state index is 1.07. The zero-order valence-corrected chi connectivity index (χ0v) is 39.6. The Kier molecular flexibility index (Phi) is 10.9. The monoisotopic (exact) mass is 916 g/mol. The third kappa shape index (κ3) is 8.01. The third-order valence-electron chi connectivity index (χ3n) is 14.2. The van der Waals surface area contributed by atoms with Crippen LogP contribution in [0.2, 0.25) is 0 Å². The Balaban J connectivity index is 0.889. The van der Waals surface area contributed by atoms with Crippen LogP contribution >= 0.6 is 0 Å². The van der Waals surface area contributed by atoms with Gasteiger partial charge in [0.2, 0.25) is 0 Å². The number of hydrogen-bond donors (Lipinski definition) is 0. The SMILES string of the molecule is c1ccc(-c2cc(-c3ccccc3)cc(-c3ccc(N(c4ccc(-c5cccc(-c6ccc7ccccc7c6)c5)cc4)c4ccc(-c5ccccc5-n5c6ccccc6c6ccccc65)cc4)cc3)c2)cc1. The first-order chi connectivity index (χ1) is 35.7. The van der Waals surface area contributed by atoms with Crippen molar-refractivity contribution < 1.29 is 0 Å². The Morgan fingerprint density at radius 3 is 1.17 bits per heavy atom. The molecule has 0 aliphatic carbocycles. The molecule has 0 spiro atoms. The van der Waals surface area contributed by atoms with E-state index < -0.39 is 0 Å². The smallest absolute Gasteiger partial charge is 0.0541 e. The van der Waals surface area contributed by atoms with Crippen LogP contribution in [0.3, 0.4) is 0 Å². The number of para-hydroxylation sites is 3. The third-order valence-corrected chi connectivity index (χ3v) is 14.2. The van der Waals surface area contributed by atoms with Gasteiger partial charge in [0.05, 0.1) is 16.7 Å². The summed E-state index contributed by atoms with van der Waals surface area (Å²) in [6.07, 6.45) is 0. The Morgan fingerprint density at radius 2 is 0.597 bits per heavy atom. The number of fused-ring (bicyclic) bond motifs is 4. The molecule has 0 N–H and O–H groups in total. The van der Waals surface area contributed by atoms with E-state index >= 15 is 0 Å². The van der Waals surface area contributed by atoms with Crippen LogP contribution in [-0.4, -0.2) is 4.57 Å². The second-order valence-corrected chi connectivity index (χ2v) is 18.5. The van der Waals surface area contributed by atoms with Gasteiger partial charge in [-0.3, -0.25) is 0 Å². The van der Waals surface area contributed by atoms with Gasteiger partial charge in [0, 0.05) is 33.4 Å². The second kappa shape index (κ2) is 18.4. The van der Waals surface area contributed by atoms with E-state index in [0.29, 0.717) is 0 Å². The summed E-state index contributed by atoms with van der Waals surface area (Å²) in [5.41, 5.74) is 21.0. The molecule has 0 amide bonds. The average Bonchev–Trinajstić information content (AvgIpc) is 3.80.